The summed E-state index contributed by atoms with van der Waals surface area (Å²) in [6.45, 7) is 4.02. The number of hydrogen-bond acceptors (Lipinski definition) is 3. The number of aliphatic hydroxyl groups excluding tert-OH is 1. The second-order valence-electron chi connectivity index (χ2n) is 5.23. The van der Waals surface area contributed by atoms with Gasteiger partial charge in [-0.1, -0.05) is 18.6 Å². The third kappa shape index (κ3) is 2.65. The van der Waals surface area contributed by atoms with Gasteiger partial charge in [-0.2, -0.15) is 0 Å². The molecule has 4 nitrogen and oxygen atoms in total. The number of fused-ring (bicyclic) bond motifs is 1. The number of benzene rings is 1. The molecule has 1 aliphatic heterocycles. The summed E-state index contributed by atoms with van der Waals surface area (Å²) in [7, 11) is 0. The molecule has 4 heteroatoms. The van der Waals surface area contributed by atoms with Crippen LogP contribution in [0.2, 0.25) is 0 Å². The topological polar surface area (TPSA) is 41.3 Å². The predicted octanol–water partition coefficient (Wildman–Crippen LogP) is 2.01. The van der Waals surface area contributed by atoms with Crippen molar-refractivity contribution in [1.82, 2.24) is 14.5 Å². The lowest BCUT2D eigenvalue weighted by atomic mass is 10.1. The molecule has 0 unspecified atom stereocenters. The smallest absolute Gasteiger partial charge is 0.124 e. The number of imidazole rings is 1. The van der Waals surface area contributed by atoms with Gasteiger partial charge < -0.3 is 9.67 Å². The molecule has 102 valence electrons. The Labute approximate surface area is 113 Å². The molecule has 1 saturated heterocycles. The highest BCUT2D eigenvalue weighted by Gasteiger charge is 2.15. The first kappa shape index (κ1) is 12.6. The molecule has 19 heavy (non-hydrogen) atoms. The summed E-state index contributed by atoms with van der Waals surface area (Å²) < 4.78 is 2.16. The molecule has 2 aromatic rings. The van der Waals surface area contributed by atoms with E-state index in [9.17, 15) is 5.11 Å². The molecular weight excluding hydrogens is 238 g/mol. The van der Waals surface area contributed by atoms with Crippen molar-refractivity contribution in [2.75, 3.05) is 19.7 Å². The van der Waals surface area contributed by atoms with E-state index in [1.807, 2.05) is 18.2 Å². The molecule has 1 aromatic heterocycles. The zero-order valence-electron chi connectivity index (χ0n) is 11.3. The van der Waals surface area contributed by atoms with E-state index in [1.54, 1.807) is 0 Å². The summed E-state index contributed by atoms with van der Waals surface area (Å²) in [5.74, 6) is 1.08. The number of para-hydroxylation sites is 2. The molecule has 0 bridgehead atoms. The third-order valence-corrected chi connectivity index (χ3v) is 3.87. The van der Waals surface area contributed by atoms with E-state index in [1.165, 1.54) is 32.4 Å². The lowest BCUT2D eigenvalue weighted by molar-refractivity contribution is 0.210. The summed E-state index contributed by atoms with van der Waals surface area (Å²) in [4.78, 5) is 7.21. The SMILES string of the molecule is OCCn1c(CN2CCCCC2)nc2ccccc21. The van der Waals surface area contributed by atoms with Crippen molar-refractivity contribution in [2.24, 2.45) is 0 Å². The first-order chi connectivity index (χ1) is 9.38. The molecule has 0 spiro atoms. The van der Waals surface area contributed by atoms with Crippen molar-refractivity contribution < 1.29 is 5.11 Å². The molecule has 0 radical (unpaired) electrons. The number of aromatic nitrogens is 2. The van der Waals surface area contributed by atoms with Gasteiger partial charge in [-0.3, -0.25) is 4.90 Å². The largest absolute Gasteiger partial charge is 0.395 e. The lowest BCUT2D eigenvalue weighted by Crippen LogP contribution is -2.30. The van der Waals surface area contributed by atoms with Crippen LogP contribution in [0.15, 0.2) is 24.3 Å². The zero-order chi connectivity index (χ0) is 13.1. The van der Waals surface area contributed by atoms with E-state index in [-0.39, 0.29) is 6.61 Å². The lowest BCUT2D eigenvalue weighted by Gasteiger charge is -2.26. The van der Waals surface area contributed by atoms with Crippen LogP contribution in [-0.4, -0.2) is 39.3 Å². The molecule has 0 aliphatic carbocycles. The number of aliphatic hydroxyl groups is 1. The summed E-state index contributed by atoms with van der Waals surface area (Å²) in [5, 5.41) is 9.27. The molecule has 3 rings (SSSR count). The second-order valence-corrected chi connectivity index (χ2v) is 5.23. The standard InChI is InChI=1S/C15H21N3O/c19-11-10-18-14-7-3-2-6-13(14)16-15(18)12-17-8-4-1-5-9-17/h2-3,6-7,19H,1,4-5,8-12H2. The van der Waals surface area contributed by atoms with Crippen molar-refractivity contribution in [1.29, 1.82) is 0 Å². The molecule has 2 heterocycles. The summed E-state index contributed by atoms with van der Waals surface area (Å²) in [6.07, 6.45) is 3.93. The van der Waals surface area contributed by atoms with Crippen LogP contribution in [0.1, 0.15) is 25.1 Å². The van der Waals surface area contributed by atoms with Crippen LogP contribution in [0.3, 0.4) is 0 Å². The minimum absolute atomic E-state index is 0.160. The number of hydrogen-bond donors (Lipinski definition) is 1. The van der Waals surface area contributed by atoms with Gasteiger partial charge in [-0.15, -0.1) is 0 Å². The Bertz CT molecular complexity index is 543. The molecule has 1 fully saturated rings. The van der Waals surface area contributed by atoms with Crippen LogP contribution >= 0.6 is 0 Å². The highest BCUT2D eigenvalue weighted by atomic mass is 16.3. The van der Waals surface area contributed by atoms with Gasteiger partial charge in [-0.05, 0) is 38.1 Å². The Morgan fingerprint density at radius 3 is 2.68 bits per heavy atom. The van der Waals surface area contributed by atoms with Crippen molar-refractivity contribution in [3.8, 4) is 0 Å². The van der Waals surface area contributed by atoms with Crippen molar-refractivity contribution >= 4 is 11.0 Å². The maximum Gasteiger partial charge on any atom is 0.124 e. The van der Waals surface area contributed by atoms with Gasteiger partial charge in [0.1, 0.15) is 5.82 Å². The fraction of sp³-hybridized carbons (Fsp3) is 0.533. The highest BCUT2D eigenvalue weighted by molar-refractivity contribution is 5.75. The molecule has 1 aromatic carbocycles. The molecule has 1 N–H and O–H groups in total. The van der Waals surface area contributed by atoms with E-state index in [2.05, 4.69) is 15.5 Å². The van der Waals surface area contributed by atoms with Gasteiger partial charge in [0.2, 0.25) is 0 Å². The van der Waals surface area contributed by atoms with E-state index in [0.29, 0.717) is 6.54 Å². The fourth-order valence-corrected chi connectivity index (χ4v) is 2.91. The van der Waals surface area contributed by atoms with Gasteiger partial charge >= 0.3 is 0 Å². The Morgan fingerprint density at radius 2 is 1.89 bits per heavy atom. The molecular formula is C15H21N3O. The van der Waals surface area contributed by atoms with Gasteiger partial charge in [0.05, 0.1) is 24.2 Å². The normalized spacial score (nSPS) is 17.1. The van der Waals surface area contributed by atoms with Gasteiger partial charge in [0.25, 0.3) is 0 Å². The average molecular weight is 259 g/mol. The van der Waals surface area contributed by atoms with Crippen LogP contribution < -0.4 is 0 Å². The predicted molar refractivity (Wildman–Crippen MR) is 75.9 cm³/mol. The Kier molecular flexibility index (Phi) is 3.80. The quantitative estimate of drug-likeness (QED) is 0.913. The van der Waals surface area contributed by atoms with Crippen molar-refractivity contribution in [3.05, 3.63) is 30.1 Å². The first-order valence-electron chi connectivity index (χ1n) is 7.16. The molecule has 1 aliphatic rings. The maximum absolute atomic E-state index is 9.27. The monoisotopic (exact) mass is 259 g/mol. The van der Waals surface area contributed by atoms with Crippen LogP contribution in [0, 0.1) is 0 Å². The van der Waals surface area contributed by atoms with Crippen LogP contribution in [0.4, 0.5) is 0 Å². The number of rotatable bonds is 4. The van der Waals surface area contributed by atoms with Gasteiger partial charge in [0, 0.05) is 6.54 Å². The maximum atomic E-state index is 9.27. The number of piperidine rings is 1. The van der Waals surface area contributed by atoms with Gasteiger partial charge in [0.15, 0.2) is 0 Å². The van der Waals surface area contributed by atoms with E-state index in [0.717, 1.165) is 23.4 Å². The second kappa shape index (κ2) is 5.72. The molecule has 0 atom stereocenters. The minimum Gasteiger partial charge on any atom is -0.395 e. The minimum atomic E-state index is 0.160. The molecule has 0 saturated carbocycles. The number of nitrogens with zero attached hydrogens (tertiary/aromatic N) is 3. The fourth-order valence-electron chi connectivity index (χ4n) is 2.91. The van der Waals surface area contributed by atoms with Crippen LogP contribution in [0.25, 0.3) is 11.0 Å². The summed E-state index contributed by atoms with van der Waals surface area (Å²) >= 11 is 0. The molecule has 0 amide bonds. The first-order valence-corrected chi connectivity index (χ1v) is 7.16. The van der Waals surface area contributed by atoms with Crippen molar-refractivity contribution in [3.63, 3.8) is 0 Å². The van der Waals surface area contributed by atoms with E-state index in [4.69, 9.17) is 4.98 Å². The zero-order valence-corrected chi connectivity index (χ0v) is 11.3. The van der Waals surface area contributed by atoms with Crippen molar-refractivity contribution in [2.45, 2.75) is 32.4 Å². The summed E-state index contributed by atoms with van der Waals surface area (Å²) in [5.41, 5.74) is 2.16. The van der Waals surface area contributed by atoms with E-state index < -0.39 is 0 Å². The third-order valence-electron chi connectivity index (χ3n) is 3.87. The Balaban J connectivity index is 1.90. The average Bonchev–Trinajstić information content (AvgIpc) is 2.79. The highest BCUT2D eigenvalue weighted by Crippen LogP contribution is 2.19. The Morgan fingerprint density at radius 1 is 1.11 bits per heavy atom. The summed E-state index contributed by atoms with van der Waals surface area (Å²) in [6, 6.07) is 8.17. The van der Waals surface area contributed by atoms with Gasteiger partial charge in [-0.25, -0.2) is 4.98 Å². The number of likely N-dealkylation sites (tertiary alicyclic amines) is 1. The Hall–Kier alpha value is -1.39. The van der Waals surface area contributed by atoms with Crippen LogP contribution in [-0.2, 0) is 13.1 Å². The van der Waals surface area contributed by atoms with Crippen LogP contribution in [0.5, 0.6) is 0 Å². The van der Waals surface area contributed by atoms with E-state index >= 15 is 0 Å².